The molecule has 0 atom stereocenters. The Kier molecular flexibility index (Phi) is 8.71. The molecular formula is C18H18ClNO7S3. The van der Waals surface area contributed by atoms with Crippen molar-refractivity contribution in [3.05, 3.63) is 71.3 Å². The van der Waals surface area contributed by atoms with Gasteiger partial charge in [-0.3, -0.25) is 4.28 Å². The summed E-state index contributed by atoms with van der Waals surface area (Å²) < 4.78 is 55.6. The molecule has 0 fully saturated rings. The van der Waals surface area contributed by atoms with Crippen LogP contribution in [0.15, 0.2) is 59.8 Å². The predicted molar refractivity (Wildman–Crippen MR) is 116 cm³/mol. The fraction of sp³-hybridized carbons (Fsp3) is 0.222. The van der Waals surface area contributed by atoms with Gasteiger partial charge < -0.3 is 4.74 Å². The monoisotopic (exact) mass is 491 g/mol. The highest BCUT2D eigenvalue weighted by Gasteiger charge is 2.18. The lowest BCUT2D eigenvalue weighted by molar-refractivity contribution is -0.132. The number of esters is 1. The molecule has 2 aromatic carbocycles. The summed E-state index contributed by atoms with van der Waals surface area (Å²) in [5.74, 6) is -1.31. The van der Waals surface area contributed by atoms with Crippen molar-refractivity contribution in [1.82, 2.24) is 0 Å². The molecular weight excluding hydrogens is 474 g/mol. The maximum atomic E-state index is 12.1. The zero-order valence-corrected chi connectivity index (χ0v) is 18.9. The van der Waals surface area contributed by atoms with E-state index in [4.69, 9.17) is 10.7 Å². The van der Waals surface area contributed by atoms with Crippen LogP contribution in [0.3, 0.4) is 0 Å². The second-order valence-electron chi connectivity index (χ2n) is 5.94. The standard InChI is InChI=1S/C18H18ClNO7S3/c1-26-18(21)17(20-27-30(24,25)13-15-5-3-2-4-6-15)28-11-14-7-9-16(10-8-14)12-29(19,22)23/h2-10H,11-13H2,1H3/b20-17-. The van der Waals surface area contributed by atoms with Gasteiger partial charge in [-0.15, -0.1) is 0 Å². The molecule has 0 amide bonds. The summed E-state index contributed by atoms with van der Waals surface area (Å²) in [6.07, 6.45) is 0. The highest BCUT2D eigenvalue weighted by molar-refractivity contribution is 8.15. The van der Waals surface area contributed by atoms with Crippen molar-refractivity contribution in [2.45, 2.75) is 17.3 Å². The number of methoxy groups -OCH3 is 1. The number of oxime groups is 1. The average molecular weight is 492 g/mol. The van der Waals surface area contributed by atoms with Gasteiger partial charge in [-0.05, 0) is 16.7 Å². The third-order valence-corrected chi connectivity index (χ3v) is 6.50. The van der Waals surface area contributed by atoms with Crippen molar-refractivity contribution in [2.75, 3.05) is 7.11 Å². The van der Waals surface area contributed by atoms with E-state index in [2.05, 4.69) is 14.2 Å². The fourth-order valence-electron chi connectivity index (χ4n) is 2.19. The maximum absolute atomic E-state index is 12.1. The zero-order valence-electron chi connectivity index (χ0n) is 15.7. The number of thioether (sulfide) groups is 1. The van der Waals surface area contributed by atoms with Crippen molar-refractivity contribution in [3.8, 4) is 0 Å². The summed E-state index contributed by atoms with van der Waals surface area (Å²) in [5.41, 5.74) is 1.76. The molecule has 0 heterocycles. The first-order chi connectivity index (χ1) is 14.1. The van der Waals surface area contributed by atoms with Crippen molar-refractivity contribution < 1.29 is 30.7 Å². The lowest BCUT2D eigenvalue weighted by Gasteiger charge is -2.06. The number of halogens is 1. The number of benzene rings is 2. The van der Waals surface area contributed by atoms with Gasteiger partial charge in [-0.1, -0.05) is 71.5 Å². The number of nitrogens with zero attached hydrogens (tertiary/aromatic N) is 1. The molecule has 0 saturated carbocycles. The normalized spacial score (nSPS) is 12.4. The van der Waals surface area contributed by atoms with E-state index in [0.717, 1.165) is 24.4 Å². The topological polar surface area (TPSA) is 116 Å². The molecule has 0 bridgehead atoms. The highest BCUT2D eigenvalue weighted by atomic mass is 35.7. The second kappa shape index (κ2) is 10.8. The van der Waals surface area contributed by atoms with E-state index in [1.165, 1.54) is 0 Å². The van der Waals surface area contributed by atoms with Gasteiger partial charge in [0.2, 0.25) is 14.1 Å². The largest absolute Gasteiger partial charge is 0.464 e. The van der Waals surface area contributed by atoms with Crippen LogP contribution >= 0.6 is 22.4 Å². The number of hydrogen-bond acceptors (Lipinski definition) is 9. The van der Waals surface area contributed by atoms with Crippen molar-refractivity contribution in [1.29, 1.82) is 0 Å². The van der Waals surface area contributed by atoms with E-state index >= 15 is 0 Å². The van der Waals surface area contributed by atoms with Gasteiger partial charge >= 0.3 is 16.1 Å². The Labute approximate surface area is 183 Å². The van der Waals surface area contributed by atoms with Crippen LogP contribution < -0.4 is 0 Å². The minimum absolute atomic E-state index is 0.240. The summed E-state index contributed by atoms with van der Waals surface area (Å²) in [6, 6.07) is 14.9. The Morgan fingerprint density at radius 2 is 1.50 bits per heavy atom. The molecule has 162 valence electrons. The molecule has 0 radical (unpaired) electrons. The van der Waals surface area contributed by atoms with Gasteiger partial charge in [0.25, 0.3) is 0 Å². The van der Waals surface area contributed by atoms with Gasteiger partial charge in [-0.2, -0.15) is 8.42 Å². The van der Waals surface area contributed by atoms with Crippen LogP contribution in [0.1, 0.15) is 16.7 Å². The lowest BCUT2D eigenvalue weighted by Crippen LogP contribution is -2.15. The van der Waals surface area contributed by atoms with Gasteiger partial charge in [-0.25, -0.2) is 13.2 Å². The van der Waals surface area contributed by atoms with Crippen LogP contribution in [0, 0.1) is 0 Å². The lowest BCUT2D eigenvalue weighted by atomic mass is 10.2. The van der Waals surface area contributed by atoms with E-state index in [1.54, 1.807) is 54.6 Å². The van der Waals surface area contributed by atoms with Gasteiger partial charge in [0.05, 0.1) is 12.9 Å². The molecule has 0 aliphatic rings. The van der Waals surface area contributed by atoms with E-state index in [9.17, 15) is 21.6 Å². The number of carbonyl (C=O) groups excluding carboxylic acids is 1. The Balaban J connectivity index is 2.04. The molecule has 0 aliphatic carbocycles. The highest BCUT2D eigenvalue weighted by Crippen LogP contribution is 2.18. The van der Waals surface area contributed by atoms with Gasteiger partial charge in [0.15, 0.2) is 0 Å². The summed E-state index contributed by atoms with van der Waals surface area (Å²) in [7, 11) is -1.36. The summed E-state index contributed by atoms with van der Waals surface area (Å²) in [6.45, 7) is 0. The van der Waals surface area contributed by atoms with Gasteiger partial charge in [0.1, 0.15) is 5.75 Å². The molecule has 2 rings (SSSR count). The first-order valence-corrected chi connectivity index (χ1v) is 13.4. The predicted octanol–water partition coefficient (Wildman–Crippen LogP) is 3.02. The minimum atomic E-state index is -4.06. The molecule has 0 saturated heterocycles. The molecule has 0 aliphatic heterocycles. The van der Waals surface area contributed by atoms with E-state index < -0.39 is 30.9 Å². The molecule has 12 heteroatoms. The first-order valence-electron chi connectivity index (χ1n) is 8.32. The second-order valence-corrected chi connectivity index (χ2v) is 11.2. The Bertz CT molecular complexity index is 1100. The van der Waals surface area contributed by atoms with E-state index in [0.29, 0.717) is 11.1 Å². The third-order valence-electron chi connectivity index (χ3n) is 3.52. The van der Waals surface area contributed by atoms with E-state index in [-0.39, 0.29) is 16.5 Å². The van der Waals surface area contributed by atoms with Crippen LogP contribution in [0.5, 0.6) is 0 Å². The molecule has 0 N–H and O–H groups in total. The van der Waals surface area contributed by atoms with Crippen molar-refractivity contribution >= 4 is 52.6 Å². The summed E-state index contributed by atoms with van der Waals surface area (Å²) in [4.78, 5) is 11.9. The number of rotatable bonds is 8. The van der Waals surface area contributed by atoms with Crippen LogP contribution in [-0.2, 0) is 50.2 Å². The Hall–Kier alpha value is -2.08. The molecule has 0 aromatic heterocycles. The molecule has 0 spiro atoms. The van der Waals surface area contributed by atoms with Crippen LogP contribution in [0.25, 0.3) is 0 Å². The summed E-state index contributed by atoms with van der Waals surface area (Å²) in [5, 5.41) is 3.19. The number of ether oxygens (including phenoxy) is 1. The maximum Gasteiger partial charge on any atom is 0.366 e. The van der Waals surface area contributed by atoms with Crippen LogP contribution in [0.4, 0.5) is 0 Å². The average Bonchev–Trinajstić information content (AvgIpc) is 2.68. The molecule has 0 unspecified atom stereocenters. The summed E-state index contributed by atoms with van der Waals surface area (Å²) >= 11 is 0.915. The molecule has 2 aromatic rings. The minimum Gasteiger partial charge on any atom is -0.464 e. The van der Waals surface area contributed by atoms with E-state index in [1.807, 2.05) is 0 Å². The number of carbonyl (C=O) groups is 1. The zero-order chi connectivity index (χ0) is 22.2. The van der Waals surface area contributed by atoms with Crippen LogP contribution in [0.2, 0.25) is 0 Å². The Morgan fingerprint density at radius 3 is 2.07 bits per heavy atom. The van der Waals surface area contributed by atoms with Crippen LogP contribution in [-0.4, -0.2) is 35.0 Å². The fourth-order valence-corrected chi connectivity index (χ4v) is 4.83. The first kappa shape index (κ1) is 24.2. The van der Waals surface area contributed by atoms with Gasteiger partial charge in [0, 0.05) is 16.4 Å². The number of hydrogen-bond donors (Lipinski definition) is 0. The quantitative estimate of drug-likeness (QED) is 0.182. The van der Waals surface area contributed by atoms with Crippen molar-refractivity contribution in [2.24, 2.45) is 5.16 Å². The SMILES string of the molecule is COC(=O)/C(=N/OS(=O)(=O)Cc1ccccc1)SCc1ccc(CS(=O)(=O)Cl)cc1. The smallest absolute Gasteiger partial charge is 0.366 e. The Morgan fingerprint density at radius 1 is 0.933 bits per heavy atom. The molecule has 30 heavy (non-hydrogen) atoms. The van der Waals surface area contributed by atoms with Crippen molar-refractivity contribution in [3.63, 3.8) is 0 Å². The third kappa shape index (κ3) is 8.74. The molecule has 8 nitrogen and oxygen atoms in total.